The zero-order valence-corrected chi connectivity index (χ0v) is 11.9. The van der Waals surface area contributed by atoms with Crippen LogP contribution < -0.4 is 15.8 Å². The Balaban J connectivity index is 1.92. The standard InChI is InChI=1S/C13H13BrN4O/c1-7-16-12(15)11-13(17-7)19-6-10(18-11)8-2-4-9(14)5-3-8/h2-5,10,18H,6H2,1H3,(H2,15,16,17). The molecule has 0 fully saturated rings. The van der Waals surface area contributed by atoms with Crippen molar-refractivity contribution in [3.05, 3.63) is 40.1 Å². The van der Waals surface area contributed by atoms with Crippen LogP contribution in [0.4, 0.5) is 11.5 Å². The lowest BCUT2D eigenvalue weighted by Crippen LogP contribution is -2.26. The molecule has 1 aliphatic rings. The van der Waals surface area contributed by atoms with Gasteiger partial charge in [0.15, 0.2) is 5.82 Å². The summed E-state index contributed by atoms with van der Waals surface area (Å²) in [6.45, 7) is 2.31. The van der Waals surface area contributed by atoms with Crippen LogP contribution in [0.1, 0.15) is 17.4 Å². The fourth-order valence-electron chi connectivity index (χ4n) is 2.06. The van der Waals surface area contributed by atoms with Gasteiger partial charge in [0, 0.05) is 4.47 Å². The Kier molecular flexibility index (Phi) is 3.02. The summed E-state index contributed by atoms with van der Waals surface area (Å²) in [5.74, 6) is 1.56. The van der Waals surface area contributed by atoms with E-state index in [2.05, 4.69) is 31.2 Å². The SMILES string of the molecule is Cc1nc(N)c2c(n1)OCC(c1ccc(Br)cc1)N2. The first-order chi connectivity index (χ1) is 9.13. The molecule has 5 nitrogen and oxygen atoms in total. The summed E-state index contributed by atoms with van der Waals surface area (Å²) in [6, 6.07) is 8.14. The molecule has 2 aromatic rings. The number of anilines is 2. The highest BCUT2D eigenvalue weighted by Crippen LogP contribution is 2.35. The topological polar surface area (TPSA) is 73.1 Å². The van der Waals surface area contributed by atoms with E-state index in [-0.39, 0.29) is 6.04 Å². The van der Waals surface area contributed by atoms with Crippen LogP contribution in [0.5, 0.6) is 5.88 Å². The van der Waals surface area contributed by atoms with Gasteiger partial charge in [0.25, 0.3) is 0 Å². The first kappa shape index (κ1) is 12.2. The minimum absolute atomic E-state index is 0.0502. The quantitative estimate of drug-likeness (QED) is 0.845. The molecular weight excluding hydrogens is 308 g/mol. The van der Waals surface area contributed by atoms with Crippen molar-refractivity contribution in [3.63, 3.8) is 0 Å². The van der Waals surface area contributed by atoms with Gasteiger partial charge in [-0.2, -0.15) is 4.98 Å². The van der Waals surface area contributed by atoms with E-state index >= 15 is 0 Å². The van der Waals surface area contributed by atoms with E-state index in [0.717, 1.165) is 10.0 Å². The number of nitrogens with two attached hydrogens (primary N) is 1. The maximum atomic E-state index is 5.91. The molecule has 0 radical (unpaired) electrons. The molecule has 0 saturated heterocycles. The number of halogens is 1. The van der Waals surface area contributed by atoms with Gasteiger partial charge in [0.1, 0.15) is 18.1 Å². The average molecular weight is 321 g/mol. The molecule has 0 aliphatic carbocycles. The number of nitrogens with zero attached hydrogens (tertiary/aromatic N) is 2. The van der Waals surface area contributed by atoms with Gasteiger partial charge in [-0.3, -0.25) is 0 Å². The molecule has 0 spiro atoms. The third kappa shape index (κ3) is 2.35. The molecule has 1 aliphatic heterocycles. The summed E-state index contributed by atoms with van der Waals surface area (Å²) in [4.78, 5) is 8.38. The fraction of sp³-hybridized carbons (Fsp3) is 0.231. The van der Waals surface area contributed by atoms with E-state index in [0.29, 0.717) is 29.8 Å². The summed E-state index contributed by atoms with van der Waals surface area (Å²) in [5.41, 5.74) is 7.71. The van der Waals surface area contributed by atoms with Gasteiger partial charge in [-0.1, -0.05) is 28.1 Å². The van der Waals surface area contributed by atoms with Crippen LogP contribution in [-0.2, 0) is 0 Å². The lowest BCUT2D eigenvalue weighted by molar-refractivity contribution is 0.274. The number of fused-ring (bicyclic) bond motifs is 1. The lowest BCUT2D eigenvalue weighted by atomic mass is 10.1. The van der Waals surface area contributed by atoms with Gasteiger partial charge >= 0.3 is 0 Å². The number of nitrogen functional groups attached to an aromatic ring is 1. The fourth-order valence-corrected chi connectivity index (χ4v) is 2.32. The second-order valence-electron chi connectivity index (χ2n) is 4.40. The molecule has 1 aromatic carbocycles. The molecule has 6 heteroatoms. The predicted molar refractivity (Wildman–Crippen MR) is 77.2 cm³/mol. The van der Waals surface area contributed by atoms with Gasteiger partial charge in [0.05, 0.1) is 6.04 Å². The molecule has 0 saturated carbocycles. The summed E-state index contributed by atoms with van der Waals surface area (Å²) >= 11 is 3.42. The minimum atomic E-state index is 0.0502. The molecule has 1 atom stereocenters. The van der Waals surface area contributed by atoms with Crippen molar-refractivity contribution in [2.45, 2.75) is 13.0 Å². The van der Waals surface area contributed by atoms with E-state index < -0.39 is 0 Å². The molecule has 1 aromatic heterocycles. The number of aryl methyl sites for hydroxylation is 1. The van der Waals surface area contributed by atoms with Gasteiger partial charge in [-0.15, -0.1) is 0 Å². The van der Waals surface area contributed by atoms with Crippen molar-refractivity contribution in [2.24, 2.45) is 0 Å². The Hall–Kier alpha value is -1.82. The maximum absolute atomic E-state index is 5.91. The third-order valence-electron chi connectivity index (χ3n) is 2.99. The van der Waals surface area contributed by atoms with Crippen molar-refractivity contribution in [2.75, 3.05) is 17.7 Å². The Morgan fingerprint density at radius 1 is 1.32 bits per heavy atom. The maximum Gasteiger partial charge on any atom is 0.243 e. The first-order valence-corrected chi connectivity index (χ1v) is 6.71. The molecule has 2 heterocycles. The van der Waals surface area contributed by atoms with Crippen molar-refractivity contribution in [1.29, 1.82) is 0 Å². The molecule has 19 heavy (non-hydrogen) atoms. The van der Waals surface area contributed by atoms with Crippen molar-refractivity contribution < 1.29 is 4.74 Å². The van der Waals surface area contributed by atoms with Crippen molar-refractivity contribution >= 4 is 27.4 Å². The molecular formula is C13H13BrN4O. The summed E-state index contributed by atoms with van der Waals surface area (Å²) in [5, 5.41) is 3.34. The van der Waals surface area contributed by atoms with Crippen LogP contribution in [-0.4, -0.2) is 16.6 Å². The number of nitrogens with one attached hydrogen (secondary N) is 1. The van der Waals surface area contributed by atoms with Crippen LogP contribution in [0.2, 0.25) is 0 Å². The van der Waals surface area contributed by atoms with Crippen LogP contribution in [0, 0.1) is 6.92 Å². The second-order valence-corrected chi connectivity index (χ2v) is 5.31. The van der Waals surface area contributed by atoms with Gasteiger partial charge in [0.2, 0.25) is 5.88 Å². The number of aromatic nitrogens is 2. The third-order valence-corrected chi connectivity index (χ3v) is 3.52. The van der Waals surface area contributed by atoms with Gasteiger partial charge in [-0.05, 0) is 24.6 Å². The zero-order chi connectivity index (χ0) is 13.4. The average Bonchev–Trinajstić information content (AvgIpc) is 2.39. The summed E-state index contributed by atoms with van der Waals surface area (Å²) in [7, 11) is 0. The highest BCUT2D eigenvalue weighted by Gasteiger charge is 2.24. The van der Waals surface area contributed by atoms with Crippen molar-refractivity contribution in [3.8, 4) is 5.88 Å². The second kappa shape index (κ2) is 4.70. The number of hydrogen-bond acceptors (Lipinski definition) is 5. The number of hydrogen-bond donors (Lipinski definition) is 2. The lowest BCUT2D eigenvalue weighted by Gasteiger charge is -2.27. The number of benzene rings is 1. The van der Waals surface area contributed by atoms with Crippen LogP contribution >= 0.6 is 15.9 Å². The highest BCUT2D eigenvalue weighted by atomic mass is 79.9. The Bertz CT molecular complexity index is 615. The van der Waals surface area contributed by atoms with Crippen molar-refractivity contribution in [1.82, 2.24) is 9.97 Å². The smallest absolute Gasteiger partial charge is 0.243 e. The van der Waals surface area contributed by atoms with Crippen LogP contribution in [0.3, 0.4) is 0 Å². The van der Waals surface area contributed by atoms with Gasteiger partial charge < -0.3 is 15.8 Å². The summed E-state index contributed by atoms with van der Waals surface area (Å²) in [6.07, 6.45) is 0. The molecule has 0 amide bonds. The van der Waals surface area contributed by atoms with Gasteiger partial charge in [-0.25, -0.2) is 4.98 Å². The first-order valence-electron chi connectivity index (χ1n) is 5.92. The summed E-state index contributed by atoms with van der Waals surface area (Å²) < 4.78 is 6.73. The van der Waals surface area contributed by atoms with E-state index in [1.807, 2.05) is 24.3 Å². The molecule has 0 bridgehead atoms. The molecule has 3 N–H and O–H groups in total. The number of ether oxygens (including phenoxy) is 1. The highest BCUT2D eigenvalue weighted by molar-refractivity contribution is 9.10. The molecule has 3 rings (SSSR count). The largest absolute Gasteiger partial charge is 0.474 e. The van der Waals surface area contributed by atoms with E-state index in [1.165, 1.54) is 0 Å². The van der Waals surface area contributed by atoms with Crippen LogP contribution in [0.15, 0.2) is 28.7 Å². The minimum Gasteiger partial charge on any atom is -0.474 e. The van der Waals surface area contributed by atoms with E-state index in [9.17, 15) is 0 Å². The Morgan fingerprint density at radius 3 is 2.79 bits per heavy atom. The Morgan fingerprint density at radius 2 is 2.05 bits per heavy atom. The monoisotopic (exact) mass is 320 g/mol. The van der Waals surface area contributed by atoms with Crippen LogP contribution in [0.25, 0.3) is 0 Å². The zero-order valence-electron chi connectivity index (χ0n) is 10.4. The van der Waals surface area contributed by atoms with E-state index in [4.69, 9.17) is 10.5 Å². The van der Waals surface area contributed by atoms with E-state index in [1.54, 1.807) is 6.92 Å². The number of rotatable bonds is 1. The normalized spacial score (nSPS) is 17.3. The Labute approximate surface area is 119 Å². The molecule has 1 unspecified atom stereocenters. The molecule has 98 valence electrons. The predicted octanol–water partition coefficient (Wildman–Crippen LogP) is 2.68.